The van der Waals surface area contributed by atoms with Crippen LogP contribution in [0.3, 0.4) is 0 Å². The molecule has 1 amide bonds. The van der Waals surface area contributed by atoms with Crippen LogP contribution in [0.2, 0.25) is 0 Å². The molecule has 0 saturated heterocycles. The predicted octanol–water partition coefficient (Wildman–Crippen LogP) is 2.72. The van der Waals surface area contributed by atoms with Crippen molar-refractivity contribution in [2.45, 2.75) is 32.2 Å². The van der Waals surface area contributed by atoms with E-state index < -0.39 is 33.1 Å². The maximum Gasteiger partial charge on any atom is 0.257 e. The highest BCUT2D eigenvalue weighted by Gasteiger charge is 2.18. The monoisotopic (exact) mass is 382 g/mol. The molecule has 0 heterocycles. The number of amides is 1. The van der Waals surface area contributed by atoms with Gasteiger partial charge in [0.15, 0.2) is 0 Å². The Balaban J connectivity index is 2.15. The number of carbonyl (C=O) groups excluding carboxylic acids is 1. The van der Waals surface area contributed by atoms with Gasteiger partial charge in [-0.25, -0.2) is 21.9 Å². The number of sulfonamides is 1. The van der Waals surface area contributed by atoms with Crippen molar-refractivity contribution in [1.29, 1.82) is 0 Å². The van der Waals surface area contributed by atoms with Gasteiger partial charge in [0, 0.05) is 12.6 Å². The fraction of sp³-hybridized carbons (Fsp3) is 0.278. The Kier molecular flexibility index (Phi) is 6.44. The highest BCUT2D eigenvalue weighted by Crippen LogP contribution is 2.15. The predicted molar refractivity (Wildman–Crippen MR) is 94.9 cm³/mol. The zero-order chi connectivity index (χ0) is 19.3. The summed E-state index contributed by atoms with van der Waals surface area (Å²) in [6, 6.07) is 9.58. The van der Waals surface area contributed by atoms with Crippen LogP contribution in [-0.4, -0.2) is 20.4 Å². The Labute approximate surface area is 151 Å². The number of rotatable bonds is 7. The van der Waals surface area contributed by atoms with E-state index in [4.69, 9.17) is 0 Å². The average Bonchev–Trinajstić information content (AvgIpc) is 2.52. The van der Waals surface area contributed by atoms with Gasteiger partial charge in [-0.2, -0.15) is 0 Å². The SMILES string of the molecule is CC(C)NS(=O)(=O)Cc1ccccc1CNC(=O)c1c(F)cccc1F. The minimum atomic E-state index is -3.54. The van der Waals surface area contributed by atoms with Crippen LogP contribution in [0.25, 0.3) is 0 Å². The summed E-state index contributed by atoms with van der Waals surface area (Å²) in [6.07, 6.45) is 0. The zero-order valence-corrected chi connectivity index (χ0v) is 15.2. The van der Waals surface area contributed by atoms with E-state index >= 15 is 0 Å². The Bertz CT molecular complexity index is 879. The summed E-state index contributed by atoms with van der Waals surface area (Å²) in [5.41, 5.74) is 0.376. The number of benzene rings is 2. The highest BCUT2D eigenvalue weighted by atomic mass is 32.2. The Hall–Kier alpha value is -2.32. The number of hydrogen-bond acceptors (Lipinski definition) is 3. The third-order valence-corrected chi connectivity index (χ3v) is 5.03. The fourth-order valence-electron chi connectivity index (χ4n) is 2.45. The lowest BCUT2D eigenvalue weighted by Gasteiger charge is -2.13. The van der Waals surface area contributed by atoms with Gasteiger partial charge in [-0.05, 0) is 37.1 Å². The lowest BCUT2D eigenvalue weighted by Crippen LogP contribution is -2.32. The first kappa shape index (κ1) is 20.0. The van der Waals surface area contributed by atoms with E-state index in [0.717, 1.165) is 12.1 Å². The van der Waals surface area contributed by atoms with Crippen molar-refractivity contribution >= 4 is 15.9 Å². The van der Waals surface area contributed by atoms with Crippen molar-refractivity contribution in [2.75, 3.05) is 0 Å². The summed E-state index contributed by atoms with van der Waals surface area (Å²) in [5, 5.41) is 2.43. The van der Waals surface area contributed by atoms with E-state index in [1.807, 2.05) is 0 Å². The number of hydrogen-bond donors (Lipinski definition) is 2. The smallest absolute Gasteiger partial charge is 0.257 e. The molecular formula is C18H20F2N2O3S. The molecule has 2 aromatic rings. The van der Waals surface area contributed by atoms with Crippen LogP contribution in [0, 0.1) is 11.6 Å². The summed E-state index contributed by atoms with van der Waals surface area (Å²) >= 11 is 0. The van der Waals surface area contributed by atoms with Crippen LogP contribution in [-0.2, 0) is 22.3 Å². The molecule has 26 heavy (non-hydrogen) atoms. The maximum absolute atomic E-state index is 13.7. The van der Waals surface area contributed by atoms with Gasteiger partial charge in [0.05, 0.1) is 5.75 Å². The molecule has 0 spiro atoms. The van der Waals surface area contributed by atoms with E-state index in [1.54, 1.807) is 38.1 Å². The standard InChI is InChI=1S/C18H20F2N2O3S/c1-12(2)22-26(24,25)11-14-7-4-3-6-13(14)10-21-18(23)17-15(19)8-5-9-16(17)20/h3-9,12,22H,10-11H2,1-2H3,(H,21,23). The van der Waals surface area contributed by atoms with E-state index in [2.05, 4.69) is 10.0 Å². The van der Waals surface area contributed by atoms with E-state index in [0.29, 0.717) is 11.1 Å². The first-order chi connectivity index (χ1) is 12.2. The summed E-state index contributed by atoms with van der Waals surface area (Å²) < 4.78 is 54.0. The lowest BCUT2D eigenvalue weighted by atomic mass is 10.1. The van der Waals surface area contributed by atoms with Gasteiger partial charge < -0.3 is 5.32 Å². The van der Waals surface area contributed by atoms with Crippen molar-refractivity contribution in [3.05, 3.63) is 70.8 Å². The first-order valence-electron chi connectivity index (χ1n) is 7.98. The van der Waals surface area contributed by atoms with Gasteiger partial charge in [-0.1, -0.05) is 30.3 Å². The fourth-order valence-corrected chi connectivity index (χ4v) is 3.95. The molecule has 8 heteroatoms. The normalized spacial score (nSPS) is 11.6. The third kappa shape index (κ3) is 5.34. The van der Waals surface area contributed by atoms with Gasteiger partial charge in [0.2, 0.25) is 10.0 Å². The number of carbonyl (C=O) groups is 1. The lowest BCUT2D eigenvalue weighted by molar-refractivity contribution is 0.0942. The molecule has 0 aliphatic rings. The van der Waals surface area contributed by atoms with E-state index in [9.17, 15) is 22.0 Å². The first-order valence-corrected chi connectivity index (χ1v) is 9.64. The van der Waals surface area contributed by atoms with Crippen molar-refractivity contribution in [3.63, 3.8) is 0 Å². The van der Waals surface area contributed by atoms with E-state index in [-0.39, 0.29) is 18.3 Å². The molecule has 2 N–H and O–H groups in total. The van der Waals surface area contributed by atoms with Crippen LogP contribution in [0.4, 0.5) is 8.78 Å². The Morgan fingerprint density at radius 2 is 1.58 bits per heavy atom. The van der Waals surface area contributed by atoms with Gasteiger partial charge in [-0.3, -0.25) is 4.79 Å². The maximum atomic E-state index is 13.7. The van der Waals surface area contributed by atoms with Gasteiger partial charge in [-0.15, -0.1) is 0 Å². The minimum absolute atomic E-state index is 0.0556. The number of nitrogens with one attached hydrogen (secondary N) is 2. The van der Waals surface area contributed by atoms with Crippen LogP contribution in [0.1, 0.15) is 35.3 Å². The average molecular weight is 382 g/mol. The number of halogens is 2. The summed E-state index contributed by atoms with van der Waals surface area (Å²) in [5.74, 6) is -3.08. The van der Waals surface area contributed by atoms with Crippen molar-refractivity contribution in [2.24, 2.45) is 0 Å². The molecule has 0 aromatic heterocycles. The molecule has 0 unspecified atom stereocenters. The minimum Gasteiger partial charge on any atom is -0.348 e. The molecule has 0 bridgehead atoms. The molecule has 0 aliphatic heterocycles. The van der Waals surface area contributed by atoms with Crippen molar-refractivity contribution in [1.82, 2.24) is 10.0 Å². The quantitative estimate of drug-likeness (QED) is 0.773. The van der Waals surface area contributed by atoms with Gasteiger partial charge >= 0.3 is 0 Å². The molecule has 0 aliphatic carbocycles. The summed E-state index contributed by atoms with van der Waals surface area (Å²) in [4.78, 5) is 12.1. The van der Waals surface area contributed by atoms with Gasteiger partial charge in [0.25, 0.3) is 5.91 Å². The highest BCUT2D eigenvalue weighted by molar-refractivity contribution is 7.88. The largest absolute Gasteiger partial charge is 0.348 e. The van der Waals surface area contributed by atoms with Crippen molar-refractivity contribution < 1.29 is 22.0 Å². The van der Waals surface area contributed by atoms with Gasteiger partial charge in [0.1, 0.15) is 17.2 Å². The van der Waals surface area contributed by atoms with Crippen LogP contribution in [0.5, 0.6) is 0 Å². The molecular weight excluding hydrogens is 362 g/mol. The molecule has 2 aromatic carbocycles. The van der Waals surface area contributed by atoms with Crippen molar-refractivity contribution in [3.8, 4) is 0 Å². The second-order valence-corrected chi connectivity index (χ2v) is 7.83. The zero-order valence-electron chi connectivity index (χ0n) is 14.4. The second kappa shape index (κ2) is 8.37. The van der Waals surface area contributed by atoms with E-state index in [1.165, 1.54) is 6.07 Å². The second-order valence-electron chi connectivity index (χ2n) is 6.08. The Morgan fingerprint density at radius 1 is 1.00 bits per heavy atom. The van der Waals surface area contributed by atoms with Crippen LogP contribution >= 0.6 is 0 Å². The molecule has 140 valence electrons. The van der Waals surface area contributed by atoms with Crippen LogP contribution in [0.15, 0.2) is 42.5 Å². The third-order valence-electron chi connectivity index (χ3n) is 3.51. The molecule has 2 rings (SSSR count). The molecule has 0 fully saturated rings. The summed E-state index contributed by atoms with van der Waals surface area (Å²) in [7, 11) is -3.54. The van der Waals surface area contributed by atoms with Crippen LogP contribution < -0.4 is 10.0 Å². The Morgan fingerprint density at radius 3 is 2.15 bits per heavy atom. The summed E-state index contributed by atoms with van der Waals surface area (Å²) in [6.45, 7) is 3.37. The topological polar surface area (TPSA) is 75.3 Å². The molecule has 5 nitrogen and oxygen atoms in total. The molecule has 0 atom stereocenters. The molecule has 0 radical (unpaired) electrons. The molecule has 0 saturated carbocycles.